The van der Waals surface area contributed by atoms with Gasteiger partial charge in [0.1, 0.15) is 6.33 Å². The van der Waals surface area contributed by atoms with Crippen LogP contribution in [0, 0.1) is 5.82 Å². The van der Waals surface area contributed by atoms with Crippen LogP contribution in [0.3, 0.4) is 0 Å². The van der Waals surface area contributed by atoms with Gasteiger partial charge in [-0.05, 0) is 12.8 Å². The van der Waals surface area contributed by atoms with E-state index in [1.165, 1.54) is 6.33 Å². The molecule has 6 nitrogen and oxygen atoms in total. The fourth-order valence-electron chi connectivity index (χ4n) is 3.39. The first-order valence-corrected chi connectivity index (χ1v) is 8.01. The smallest absolute Gasteiger partial charge is 0.234 e. The number of aromatic nitrogens is 2. The van der Waals surface area contributed by atoms with E-state index in [2.05, 4.69) is 26.8 Å². The summed E-state index contributed by atoms with van der Waals surface area (Å²) in [6.07, 6.45) is 4.70. The molecular formula is C16H22FN5O. The van der Waals surface area contributed by atoms with Crippen molar-refractivity contribution >= 4 is 11.7 Å². The third kappa shape index (κ3) is 3.06. The minimum Gasteiger partial charge on any atom is -0.352 e. The molecule has 3 aliphatic heterocycles. The summed E-state index contributed by atoms with van der Waals surface area (Å²) in [5, 5.41) is 2.79. The summed E-state index contributed by atoms with van der Waals surface area (Å²) in [5.41, 5.74) is 0.454. The van der Waals surface area contributed by atoms with Crippen molar-refractivity contribution < 1.29 is 9.18 Å². The molecule has 2 unspecified atom stereocenters. The average Bonchev–Trinajstić information content (AvgIpc) is 2.58. The van der Waals surface area contributed by atoms with Crippen molar-refractivity contribution in [1.82, 2.24) is 20.2 Å². The Kier molecular flexibility index (Phi) is 4.56. The third-order valence-electron chi connectivity index (χ3n) is 4.59. The summed E-state index contributed by atoms with van der Waals surface area (Å²) in [5.74, 6) is 0.0865. The molecule has 4 rings (SSSR count). The van der Waals surface area contributed by atoms with Gasteiger partial charge in [0.25, 0.3) is 0 Å². The standard InChI is InChI=1S/C16H22FN5O/c1-3-5-18-14(23)9-22-11-6-12(22)8-21(7-11)16-15(17)13(4-2)19-10-20-16/h3,10-12H,1,4-9H2,2H3,(H,18,23). The number of piperidine rings is 1. The first kappa shape index (κ1) is 15.9. The molecule has 1 amide bonds. The highest BCUT2D eigenvalue weighted by Crippen LogP contribution is 2.34. The van der Waals surface area contributed by atoms with E-state index in [0.717, 1.165) is 6.42 Å². The summed E-state index contributed by atoms with van der Waals surface area (Å²) in [6, 6.07) is 0.561. The van der Waals surface area contributed by atoms with Crippen LogP contribution >= 0.6 is 0 Å². The molecular weight excluding hydrogens is 297 g/mol. The van der Waals surface area contributed by atoms with Crippen LogP contribution in [-0.4, -0.2) is 59.0 Å². The number of hydrogen-bond donors (Lipinski definition) is 1. The SMILES string of the molecule is C=CCNC(=O)CN1C2CC1CN(c1ncnc(CC)c1F)C2. The molecule has 0 radical (unpaired) electrons. The molecule has 3 aliphatic rings. The summed E-state index contributed by atoms with van der Waals surface area (Å²) >= 11 is 0. The van der Waals surface area contributed by atoms with E-state index in [-0.39, 0.29) is 23.8 Å². The van der Waals surface area contributed by atoms with Gasteiger partial charge in [0, 0.05) is 31.7 Å². The number of hydrogen-bond acceptors (Lipinski definition) is 5. The number of nitrogens with zero attached hydrogens (tertiary/aromatic N) is 4. The highest BCUT2D eigenvalue weighted by Gasteiger charge is 2.45. The van der Waals surface area contributed by atoms with Crippen molar-refractivity contribution in [2.75, 3.05) is 31.1 Å². The number of fused-ring (bicyclic) bond motifs is 2. The molecule has 1 aromatic rings. The predicted molar refractivity (Wildman–Crippen MR) is 85.7 cm³/mol. The average molecular weight is 319 g/mol. The number of rotatable bonds is 6. The summed E-state index contributed by atoms with van der Waals surface area (Å²) in [7, 11) is 0. The number of carbonyl (C=O) groups is 1. The fraction of sp³-hybridized carbons (Fsp3) is 0.562. The van der Waals surface area contributed by atoms with Crippen LogP contribution in [0.15, 0.2) is 19.0 Å². The van der Waals surface area contributed by atoms with E-state index in [1.54, 1.807) is 6.08 Å². The Labute approximate surface area is 135 Å². The fourth-order valence-corrected chi connectivity index (χ4v) is 3.39. The van der Waals surface area contributed by atoms with E-state index in [1.807, 2.05) is 11.8 Å². The quantitative estimate of drug-likeness (QED) is 0.784. The molecule has 0 saturated carbocycles. The van der Waals surface area contributed by atoms with Crippen molar-refractivity contribution in [3.05, 3.63) is 30.5 Å². The second kappa shape index (κ2) is 6.62. The topological polar surface area (TPSA) is 61.4 Å². The molecule has 0 spiro atoms. The molecule has 3 fully saturated rings. The number of anilines is 1. The molecule has 0 aromatic carbocycles. The zero-order chi connectivity index (χ0) is 16.4. The van der Waals surface area contributed by atoms with Gasteiger partial charge in [-0.25, -0.2) is 14.4 Å². The van der Waals surface area contributed by atoms with Gasteiger partial charge in [0.2, 0.25) is 5.91 Å². The van der Waals surface area contributed by atoms with E-state index >= 15 is 0 Å². The molecule has 4 heterocycles. The lowest BCUT2D eigenvalue weighted by molar-refractivity contribution is -0.126. The van der Waals surface area contributed by atoms with Gasteiger partial charge in [-0.3, -0.25) is 9.69 Å². The van der Waals surface area contributed by atoms with Gasteiger partial charge in [0.15, 0.2) is 11.6 Å². The van der Waals surface area contributed by atoms with Gasteiger partial charge < -0.3 is 10.2 Å². The van der Waals surface area contributed by atoms with Crippen molar-refractivity contribution in [3.8, 4) is 0 Å². The normalized spacial score (nSPS) is 23.3. The molecule has 1 N–H and O–H groups in total. The van der Waals surface area contributed by atoms with Crippen LogP contribution < -0.4 is 10.2 Å². The van der Waals surface area contributed by atoms with Crippen molar-refractivity contribution in [2.24, 2.45) is 0 Å². The molecule has 23 heavy (non-hydrogen) atoms. The lowest BCUT2D eigenvalue weighted by Crippen LogP contribution is -2.70. The number of nitrogens with one attached hydrogen (secondary N) is 1. The number of aryl methyl sites for hydroxylation is 1. The van der Waals surface area contributed by atoms with Crippen LogP contribution in [0.25, 0.3) is 0 Å². The monoisotopic (exact) mass is 319 g/mol. The van der Waals surface area contributed by atoms with Gasteiger partial charge in [0.05, 0.1) is 12.2 Å². The molecule has 2 bridgehead atoms. The van der Waals surface area contributed by atoms with E-state index in [4.69, 9.17) is 0 Å². The largest absolute Gasteiger partial charge is 0.352 e. The second-order valence-electron chi connectivity index (χ2n) is 6.02. The Hall–Kier alpha value is -2.02. The molecule has 2 atom stereocenters. The van der Waals surface area contributed by atoms with Gasteiger partial charge in [-0.15, -0.1) is 6.58 Å². The molecule has 3 saturated heterocycles. The highest BCUT2D eigenvalue weighted by molar-refractivity contribution is 5.78. The minimum atomic E-state index is -0.313. The number of carbonyl (C=O) groups excluding carboxylic acids is 1. The maximum Gasteiger partial charge on any atom is 0.234 e. The summed E-state index contributed by atoms with van der Waals surface area (Å²) in [6.45, 7) is 7.74. The Bertz CT molecular complexity index is 596. The van der Waals surface area contributed by atoms with E-state index in [9.17, 15) is 9.18 Å². The van der Waals surface area contributed by atoms with E-state index in [0.29, 0.717) is 44.1 Å². The Balaban J connectivity index is 1.63. The summed E-state index contributed by atoms with van der Waals surface area (Å²) in [4.78, 5) is 24.1. The van der Waals surface area contributed by atoms with Gasteiger partial charge in [-0.2, -0.15) is 0 Å². The van der Waals surface area contributed by atoms with Crippen LogP contribution in [0.1, 0.15) is 19.0 Å². The third-order valence-corrected chi connectivity index (χ3v) is 4.59. The number of halogens is 1. The second-order valence-corrected chi connectivity index (χ2v) is 6.02. The zero-order valence-corrected chi connectivity index (χ0v) is 13.3. The first-order valence-electron chi connectivity index (χ1n) is 8.01. The maximum atomic E-state index is 14.4. The van der Waals surface area contributed by atoms with Crippen molar-refractivity contribution in [3.63, 3.8) is 0 Å². The minimum absolute atomic E-state index is 0.00883. The van der Waals surface area contributed by atoms with Crippen LogP contribution in [-0.2, 0) is 11.2 Å². The Morgan fingerprint density at radius 1 is 1.48 bits per heavy atom. The summed E-state index contributed by atoms with van der Waals surface area (Å²) < 4.78 is 14.4. The Morgan fingerprint density at radius 2 is 2.22 bits per heavy atom. The molecule has 0 aliphatic carbocycles. The lowest BCUT2D eigenvalue weighted by atomic mass is 9.87. The molecule has 124 valence electrons. The lowest BCUT2D eigenvalue weighted by Gasteiger charge is -2.56. The van der Waals surface area contributed by atoms with Crippen LogP contribution in [0.2, 0.25) is 0 Å². The Morgan fingerprint density at radius 3 is 2.87 bits per heavy atom. The number of piperazine rings is 1. The van der Waals surface area contributed by atoms with Crippen LogP contribution in [0.5, 0.6) is 0 Å². The molecule has 7 heteroatoms. The molecule has 1 aromatic heterocycles. The van der Waals surface area contributed by atoms with E-state index < -0.39 is 0 Å². The van der Waals surface area contributed by atoms with Gasteiger partial charge in [-0.1, -0.05) is 13.0 Å². The van der Waals surface area contributed by atoms with Gasteiger partial charge >= 0.3 is 0 Å². The van der Waals surface area contributed by atoms with Crippen LogP contribution in [0.4, 0.5) is 10.2 Å². The van der Waals surface area contributed by atoms with Crippen molar-refractivity contribution in [1.29, 1.82) is 0 Å². The maximum absolute atomic E-state index is 14.4. The van der Waals surface area contributed by atoms with Crippen molar-refractivity contribution in [2.45, 2.75) is 31.8 Å². The zero-order valence-electron chi connectivity index (χ0n) is 13.3. The predicted octanol–water partition coefficient (Wildman–Crippen LogP) is 0.743. The number of amides is 1. The highest BCUT2D eigenvalue weighted by atomic mass is 19.1. The first-order chi connectivity index (χ1) is 11.1.